The van der Waals surface area contributed by atoms with Crippen molar-refractivity contribution in [2.75, 3.05) is 19.6 Å². The molecule has 0 spiro atoms. The standard InChI is InChI=1S/C18H24N2O3/c1-13-7-9-20(10-8-13)15(16-6-5-14(2)23-16)12-19-18(21)17-4-3-11-22-17/h3-6,11,13,15H,7-10,12H2,1-2H3,(H,19,21)/t15-/m0/s1. The zero-order valence-corrected chi connectivity index (χ0v) is 13.7. The van der Waals surface area contributed by atoms with E-state index in [-0.39, 0.29) is 11.9 Å². The summed E-state index contributed by atoms with van der Waals surface area (Å²) in [6, 6.07) is 7.44. The predicted octanol–water partition coefficient (Wildman–Crippen LogP) is 3.38. The van der Waals surface area contributed by atoms with E-state index in [1.807, 2.05) is 19.1 Å². The van der Waals surface area contributed by atoms with Gasteiger partial charge in [0.15, 0.2) is 5.76 Å². The van der Waals surface area contributed by atoms with E-state index in [4.69, 9.17) is 8.83 Å². The van der Waals surface area contributed by atoms with Crippen molar-refractivity contribution in [1.82, 2.24) is 10.2 Å². The third-order valence-electron chi connectivity index (χ3n) is 4.55. The SMILES string of the molecule is Cc1ccc([C@H](CNC(=O)c2ccco2)N2CCC(C)CC2)o1. The van der Waals surface area contributed by atoms with Gasteiger partial charge in [0, 0.05) is 6.54 Å². The monoisotopic (exact) mass is 316 g/mol. The van der Waals surface area contributed by atoms with Gasteiger partial charge in [0.25, 0.3) is 5.91 Å². The molecule has 1 amide bonds. The topological polar surface area (TPSA) is 58.6 Å². The molecular weight excluding hydrogens is 292 g/mol. The van der Waals surface area contributed by atoms with E-state index < -0.39 is 0 Å². The quantitative estimate of drug-likeness (QED) is 0.918. The summed E-state index contributed by atoms with van der Waals surface area (Å²) in [6.45, 7) is 6.81. The summed E-state index contributed by atoms with van der Waals surface area (Å²) in [4.78, 5) is 14.5. The highest BCUT2D eigenvalue weighted by atomic mass is 16.3. The van der Waals surface area contributed by atoms with Crippen LogP contribution in [0.2, 0.25) is 0 Å². The molecule has 0 radical (unpaired) electrons. The van der Waals surface area contributed by atoms with E-state index in [2.05, 4.69) is 17.1 Å². The van der Waals surface area contributed by atoms with Crippen molar-refractivity contribution in [2.45, 2.75) is 32.7 Å². The highest BCUT2D eigenvalue weighted by molar-refractivity contribution is 5.91. The van der Waals surface area contributed by atoms with Crippen LogP contribution < -0.4 is 5.32 Å². The Kier molecular flexibility index (Phi) is 4.86. The van der Waals surface area contributed by atoms with Crippen LogP contribution in [-0.4, -0.2) is 30.4 Å². The molecule has 1 atom stereocenters. The number of amides is 1. The highest BCUT2D eigenvalue weighted by Gasteiger charge is 2.27. The molecule has 0 aliphatic carbocycles. The second kappa shape index (κ2) is 7.04. The van der Waals surface area contributed by atoms with E-state index in [1.165, 1.54) is 19.1 Å². The van der Waals surface area contributed by atoms with E-state index in [0.717, 1.165) is 30.5 Å². The summed E-state index contributed by atoms with van der Waals surface area (Å²) in [7, 11) is 0. The minimum Gasteiger partial charge on any atom is -0.465 e. The van der Waals surface area contributed by atoms with Crippen molar-refractivity contribution in [3.8, 4) is 0 Å². The summed E-state index contributed by atoms with van der Waals surface area (Å²) in [5.41, 5.74) is 0. The minimum atomic E-state index is -0.186. The van der Waals surface area contributed by atoms with Crippen molar-refractivity contribution in [2.24, 2.45) is 5.92 Å². The van der Waals surface area contributed by atoms with Gasteiger partial charge in [-0.1, -0.05) is 6.92 Å². The first kappa shape index (κ1) is 15.9. The Hall–Kier alpha value is -2.01. The van der Waals surface area contributed by atoms with Crippen LogP contribution in [0.1, 0.15) is 47.9 Å². The molecule has 0 saturated carbocycles. The lowest BCUT2D eigenvalue weighted by atomic mass is 9.97. The number of nitrogens with zero attached hydrogens (tertiary/aromatic N) is 1. The molecule has 124 valence electrons. The third kappa shape index (κ3) is 3.85. The van der Waals surface area contributed by atoms with Crippen LogP contribution in [0.15, 0.2) is 39.4 Å². The number of furan rings is 2. The first-order valence-corrected chi connectivity index (χ1v) is 8.25. The molecule has 2 aromatic heterocycles. The molecule has 0 aromatic carbocycles. The zero-order valence-electron chi connectivity index (χ0n) is 13.7. The molecule has 0 unspecified atom stereocenters. The average molecular weight is 316 g/mol. The Morgan fingerprint density at radius 2 is 2.13 bits per heavy atom. The first-order chi connectivity index (χ1) is 11.1. The van der Waals surface area contributed by atoms with Crippen LogP contribution in [0, 0.1) is 12.8 Å². The van der Waals surface area contributed by atoms with Crippen molar-refractivity contribution in [3.63, 3.8) is 0 Å². The molecule has 2 aromatic rings. The second-order valence-electron chi connectivity index (χ2n) is 6.37. The third-order valence-corrected chi connectivity index (χ3v) is 4.55. The number of piperidine rings is 1. The molecule has 1 aliphatic rings. The maximum absolute atomic E-state index is 12.1. The lowest BCUT2D eigenvalue weighted by Crippen LogP contribution is -2.41. The van der Waals surface area contributed by atoms with Gasteiger partial charge in [-0.05, 0) is 63.0 Å². The molecule has 1 N–H and O–H groups in total. The molecule has 23 heavy (non-hydrogen) atoms. The van der Waals surface area contributed by atoms with Crippen LogP contribution in [-0.2, 0) is 0 Å². The van der Waals surface area contributed by atoms with Crippen molar-refractivity contribution >= 4 is 5.91 Å². The fourth-order valence-corrected chi connectivity index (χ4v) is 3.07. The lowest BCUT2D eigenvalue weighted by Gasteiger charge is -2.35. The van der Waals surface area contributed by atoms with Crippen LogP contribution >= 0.6 is 0 Å². The fourth-order valence-electron chi connectivity index (χ4n) is 3.07. The van der Waals surface area contributed by atoms with Crippen LogP contribution in [0.25, 0.3) is 0 Å². The van der Waals surface area contributed by atoms with Gasteiger partial charge in [-0.2, -0.15) is 0 Å². The number of carbonyl (C=O) groups excluding carboxylic acids is 1. The van der Waals surface area contributed by atoms with Gasteiger partial charge in [-0.15, -0.1) is 0 Å². The minimum absolute atomic E-state index is 0.0649. The van der Waals surface area contributed by atoms with Gasteiger partial charge in [-0.3, -0.25) is 9.69 Å². The van der Waals surface area contributed by atoms with Crippen molar-refractivity contribution in [1.29, 1.82) is 0 Å². The fraction of sp³-hybridized carbons (Fsp3) is 0.500. The number of likely N-dealkylation sites (tertiary alicyclic amines) is 1. The number of rotatable bonds is 5. The molecule has 1 fully saturated rings. The summed E-state index contributed by atoms with van der Waals surface area (Å²) in [5.74, 6) is 2.73. The Morgan fingerprint density at radius 3 is 2.74 bits per heavy atom. The van der Waals surface area contributed by atoms with E-state index >= 15 is 0 Å². The Labute approximate surface area is 136 Å². The molecule has 5 nitrogen and oxygen atoms in total. The van der Waals surface area contributed by atoms with E-state index in [0.29, 0.717) is 12.3 Å². The molecule has 3 rings (SSSR count). The van der Waals surface area contributed by atoms with Crippen molar-refractivity contribution in [3.05, 3.63) is 47.8 Å². The summed E-state index contributed by atoms with van der Waals surface area (Å²) >= 11 is 0. The summed E-state index contributed by atoms with van der Waals surface area (Å²) < 4.78 is 11.0. The van der Waals surface area contributed by atoms with Gasteiger partial charge >= 0.3 is 0 Å². The second-order valence-corrected chi connectivity index (χ2v) is 6.37. The summed E-state index contributed by atoms with van der Waals surface area (Å²) in [6.07, 6.45) is 3.87. The van der Waals surface area contributed by atoms with Gasteiger partial charge in [0.1, 0.15) is 11.5 Å². The molecular formula is C18H24N2O3. The normalized spacial score (nSPS) is 18.0. The molecule has 3 heterocycles. The Morgan fingerprint density at radius 1 is 1.35 bits per heavy atom. The summed E-state index contributed by atoms with van der Waals surface area (Å²) in [5, 5.41) is 2.97. The van der Waals surface area contributed by atoms with Crippen LogP contribution in [0.3, 0.4) is 0 Å². The molecule has 0 bridgehead atoms. The van der Waals surface area contributed by atoms with Gasteiger partial charge in [0.05, 0.1) is 12.3 Å². The average Bonchev–Trinajstić information content (AvgIpc) is 3.21. The van der Waals surface area contributed by atoms with E-state index in [1.54, 1.807) is 12.1 Å². The Balaban J connectivity index is 1.69. The number of hydrogen-bond donors (Lipinski definition) is 1. The van der Waals surface area contributed by atoms with Gasteiger partial charge in [0.2, 0.25) is 0 Å². The van der Waals surface area contributed by atoms with E-state index in [9.17, 15) is 4.79 Å². The largest absolute Gasteiger partial charge is 0.465 e. The van der Waals surface area contributed by atoms with Crippen LogP contribution in [0.4, 0.5) is 0 Å². The predicted molar refractivity (Wildman–Crippen MR) is 87.2 cm³/mol. The van der Waals surface area contributed by atoms with Crippen molar-refractivity contribution < 1.29 is 13.6 Å². The first-order valence-electron chi connectivity index (χ1n) is 8.25. The number of hydrogen-bond acceptors (Lipinski definition) is 4. The highest BCUT2D eigenvalue weighted by Crippen LogP contribution is 2.27. The smallest absolute Gasteiger partial charge is 0.287 e. The van der Waals surface area contributed by atoms with Gasteiger partial charge < -0.3 is 14.2 Å². The number of nitrogens with one attached hydrogen (secondary N) is 1. The van der Waals surface area contributed by atoms with Crippen LogP contribution in [0.5, 0.6) is 0 Å². The zero-order chi connectivity index (χ0) is 16.2. The Bertz CT molecular complexity index is 624. The molecule has 1 saturated heterocycles. The number of aryl methyl sites for hydroxylation is 1. The maximum Gasteiger partial charge on any atom is 0.287 e. The molecule has 5 heteroatoms. The number of carbonyl (C=O) groups is 1. The van der Waals surface area contributed by atoms with Gasteiger partial charge in [-0.25, -0.2) is 0 Å². The maximum atomic E-state index is 12.1. The molecule has 1 aliphatic heterocycles. The lowest BCUT2D eigenvalue weighted by molar-refractivity contribution is 0.0870.